The summed E-state index contributed by atoms with van der Waals surface area (Å²) in [5.41, 5.74) is 7.31. The fraction of sp³-hybridized carbons (Fsp3) is 0.524. The van der Waals surface area contributed by atoms with E-state index in [1.807, 2.05) is 18.2 Å². The van der Waals surface area contributed by atoms with Gasteiger partial charge in [-0.05, 0) is 43.4 Å². The molecule has 1 aliphatic heterocycles. The number of aliphatic imine (C=N–C) groups is 1. The Morgan fingerprint density at radius 1 is 1.03 bits per heavy atom. The van der Waals surface area contributed by atoms with E-state index in [4.69, 9.17) is 10.5 Å². The molecule has 4 rings (SSSR count). The highest BCUT2D eigenvalue weighted by Crippen LogP contribution is 2.22. The fourth-order valence-electron chi connectivity index (χ4n) is 3.83. The van der Waals surface area contributed by atoms with Gasteiger partial charge in [0.05, 0.1) is 6.54 Å². The number of rotatable bonds is 5. The lowest BCUT2D eigenvalue weighted by atomic mass is 9.98. The Kier molecular flexibility index (Phi) is 6.38. The number of piperazine rings is 1. The summed E-state index contributed by atoms with van der Waals surface area (Å²) in [4.78, 5) is 21.9. The molecule has 0 aromatic carbocycles. The maximum Gasteiger partial charge on any atom is 0.225 e. The Morgan fingerprint density at radius 3 is 2.55 bits per heavy atom. The first-order valence-electron chi connectivity index (χ1n) is 10.5. The summed E-state index contributed by atoms with van der Waals surface area (Å²) in [6.07, 6.45) is 11.7. The van der Waals surface area contributed by atoms with Crippen molar-refractivity contribution in [3.05, 3.63) is 42.4 Å². The third-order valence-electron chi connectivity index (χ3n) is 5.50. The lowest BCUT2D eigenvalue weighted by molar-refractivity contribution is 0.148. The molecule has 0 amide bonds. The third-order valence-corrected chi connectivity index (χ3v) is 5.50. The van der Waals surface area contributed by atoms with E-state index >= 15 is 0 Å². The highest BCUT2D eigenvalue weighted by Gasteiger charge is 2.20. The standard InChI is InChI=1S/C21H29N7O/c22-20(27-11-13-28(14-12-27)21-24-8-4-9-25-21)26-16-17-7-10-23-19(15-17)29-18-5-2-1-3-6-18/h4,7-10,15,18H,1-3,5-6,11-14,16H2,(H2,22,26). The Balaban J connectivity index is 1.29. The average molecular weight is 396 g/mol. The van der Waals surface area contributed by atoms with Gasteiger partial charge in [0.1, 0.15) is 6.10 Å². The van der Waals surface area contributed by atoms with E-state index in [1.54, 1.807) is 18.6 Å². The molecule has 2 fully saturated rings. The minimum Gasteiger partial charge on any atom is -0.474 e. The van der Waals surface area contributed by atoms with Gasteiger partial charge in [-0.25, -0.2) is 19.9 Å². The lowest BCUT2D eigenvalue weighted by Crippen LogP contribution is -2.51. The van der Waals surface area contributed by atoms with E-state index in [9.17, 15) is 0 Å². The monoisotopic (exact) mass is 395 g/mol. The molecule has 0 bridgehead atoms. The van der Waals surface area contributed by atoms with E-state index in [0.717, 1.165) is 50.5 Å². The molecule has 2 aliphatic rings. The quantitative estimate of drug-likeness (QED) is 0.613. The topological polar surface area (TPSA) is 92.8 Å². The summed E-state index contributed by atoms with van der Waals surface area (Å²) in [6, 6.07) is 5.78. The van der Waals surface area contributed by atoms with Crippen molar-refractivity contribution >= 4 is 11.9 Å². The van der Waals surface area contributed by atoms with Crippen molar-refractivity contribution in [1.29, 1.82) is 0 Å². The molecule has 0 radical (unpaired) electrons. The van der Waals surface area contributed by atoms with Crippen LogP contribution in [-0.2, 0) is 6.54 Å². The normalized spacial score (nSPS) is 18.7. The molecule has 8 heteroatoms. The molecule has 154 valence electrons. The molecular weight excluding hydrogens is 366 g/mol. The number of pyridine rings is 1. The van der Waals surface area contributed by atoms with Crippen LogP contribution >= 0.6 is 0 Å². The minimum absolute atomic E-state index is 0.296. The molecule has 0 spiro atoms. The van der Waals surface area contributed by atoms with Gasteiger partial charge in [-0.15, -0.1) is 0 Å². The number of nitrogens with two attached hydrogens (primary N) is 1. The number of nitrogens with zero attached hydrogens (tertiary/aromatic N) is 6. The Morgan fingerprint density at radius 2 is 1.79 bits per heavy atom. The predicted molar refractivity (Wildman–Crippen MR) is 113 cm³/mol. The van der Waals surface area contributed by atoms with Crippen molar-refractivity contribution < 1.29 is 4.74 Å². The van der Waals surface area contributed by atoms with Crippen LogP contribution in [-0.4, -0.2) is 58.1 Å². The average Bonchev–Trinajstić information content (AvgIpc) is 2.79. The molecule has 2 aromatic heterocycles. The number of ether oxygens (including phenoxy) is 1. The van der Waals surface area contributed by atoms with Crippen LogP contribution < -0.4 is 15.4 Å². The first kappa shape index (κ1) is 19.4. The molecule has 1 saturated heterocycles. The van der Waals surface area contributed by atoms with Crippen LogP contribution in [0.15, 0.2) is 41.8 Å². The van der Waals surface area contributed by atoms with Gasteiger partial charge in [0.25, 0.3) is 0 Å². The van der Waals surface area contributed by atoms with E-state index in [-0.39, 0.29) is 0 Å². The van der Waals surface area contributed by atoms with Crippen LogP contribution in [0.25, 0.3) is 0 Å². The van der Waals surface area contributed by atoms with Crippen LogP contribution in [0.4, 0.5) is 5.95 Å². The number of anilines is 1. The van der Waals surface area contributed by atoms with E-state index in [2.05, 4.69) is 29.7 Å². The first-order chi connectivity index (χ1) is 14.3. The molecule has 1 saturated carbocycles. The van der Waals surface area contributed by atoms with Crippen molar-refractivity contribution in [2.75, 3.05) is 31.1 Å². The van der Waals surface area contributed by atoms with Crippen molar-refractivity contribution in [2.45, 2.75) is 44.8 Å². The van der Waals surface area contributed by atoms with Crippen LogP contribution in [0.5, 0.6) is 5.88 Å². The highest BCUT2D eigenvalue weighted by atomic mass is 16.5. The van der Waals surface area contributed by atoms with Crippen LogP contribution in [0.2, 0.25) is 0 Å². The summed E-state index contributed by atoms with van der Waals surface area (Å²) in [5, 5.41) is 0. The number of hydrogen-bond donors (Lipinski definition) is 1. The molecule has 29 heavy (non-hydrogen) atoms. The predicted octanol–water partition coefficient (Wildman–Crippen LogP) is 2.22. The van der Waals surface area contributed by atoms with Crippen LogP contribution in [0.1, 0.15) is 37.7 Å². The lowest BCUT2D eigenvalue weighted by Gasteiger charge is -2.35. The molecule has 3 heterocycles. The van der Waals surface area contributed by atoms with Gasteiger partial charge in [0.15, 0.2) is 5.96 Å². The van der Waals surface area contributed by atoms with Gasteiger partial charge in [-0.2, -0.15) is 0 Å². The summed E-state index contributed by atoms with van der Waals surface area (Å²) in [7, 11) is 0. The van der Waals surface area contributed by atoms with Crippen LogP contribution in [0.3, 0.4) is 0 Å². The van der Waals surface area contributed by atoms with Crippen molar-refractivity contribution in [1.82, 2.24) is 19.9 Å². The van der Waals surface area contributed by atoms with Gasteiger partial charge < -0.3 is 20.3 Å². The smallest absolute Gasteiger partial charge is 0.225 e. The highest BCUT2D eigenvalue weighted by molar-refractivity contribution is 5.78. The zero-order chi connectivity index (χ0) is 19.9. The first-order valence-corrected chi connectivity index (χ1v) is 10.5. The number of aromatic nitrogens is 3. The molecular formula is C21H29N7O. The fourth-order valence-corrected chi connectivity index (χ4v) is 3.83. The van der Waals surface area contributed by atoms with E-state index in [1.165, 1.54) is 19.3 Å². The Hall–Kier alpha value is -2.90. The third kappa shape index (κ3) is 5.34. The summed E-state index contributed by atoms with van der Waals surface area (Å²) < 4.78 is 6.05. The summed E-state index contributed by atoms with van der Waals surface area (Å²) in [5.74, 6) is 2.04. The van der Waals surface area contributed by atoms with Crippen molar-refractivity contribution in [2.24, 2.45) is 10.7 Å². The van der Waals surface area contributed by atoms with Crippen LogP contribution in [0, 0.1) is 0 Å². The summed E-state index contributed by atoms with van der Waals surface area (Å²) in [6.45, 7) is 3.79. The second kappa shape index (κ2) is 9.54. The Labute approximate surface area is 171 Å². The molecule has 2 aromatic rings. The second-order valence-electron chi connectivity index (χ2n) is 7.58. The number of guanidine groups is 1. The second-order valence-corrected chi connectivity index (χ2v) is 7.58. The van der Waals surface area contributed by atoms with Gasteiger partial charge in [-0.1, -0.05) is 6.42 Å². The van der Waals surface area contributed by atoms with E-state index in [0.29, 0.717) is 24.5 Å². The molecule has 2 N–H and O–H groups in total. The molecule has 0 atom stereocenters. The van der Waals surface area contributed by atoms with E-state index < -0.39 is 0 Å². The molecule has 1 aliphatic carbocycles. The SMILES string of the molecule is NC(=NCc1ccnc(OC2CCCCC2)c1)N1CCN(c2ncccn2)CC1. The van der Waals surface area contributed by atoms with Gasteiger partial charge in [-0.3, -0.25) is 0 Å². The minimum atomic E-state index is 0.296. The summed E-state index contributed by atoms with van der Waals surface area (Å²) >= 11 is 0. The number of hydrogen-bond acceptors (Lipinski definition) is 6. The van der Waals surface area contributed by atoms with Gasteiger partial charge in [0.2, 0.25) is 11.8 Å². The van der Waals surface area contributed by atoms with Crippen molar-refractivity contribution in [3.8, 4) is 5.88 Å². The Bertz CT molecular complexity index is 800. The molecule has 8 nitrogen and oxygen atoms in total. The van der Waals surface area contributed by atoms with Gasteiger partial charge in [0, 0.05) is 50.8 Å². The zero-order valence-electron chi connectivity index (χ0n) is 16.8. The van der Waals surface area contributed by atoms with Gasteiger partial charge >= 0.3 is 0 Å². The zero-order valence-corrected chi connectivity index (χ0v) is 16.8. The molecule has 0 unspecified atom stereocenters. The van der Waals surface area contributed by atoms with Crippen molar-refractivity contribution in [3.63, 3.8) is 0 Å². The maximum atomic E-state index is 6.25. The largest absolute Gasteiger partial charge is 0.474 e. The maximum absolute atomic E-state index is 6.25.